The summed E-state index contributed by atoms with van der Waals surface area (Å²) in [6.45, 7) is 0.250. The number of aromatic nitrogens is 1. The number of para-hydroxylation sites is 2. The van der Waals surface area contributed by atoms with Crippen molar-refractivity contribution < 1.29 is 19.1 Å². The SMILES string of the molecule is COc1ccccc1OCc1nc(C(=O)N[C@H]2CCCC[C@@H]2NC(=O)Cc2ccccc2)cs1. The molecule has 3 aromatic rings. The van der Waals surface area contributed by atoms with Gasteiger partial charge in [0, 0.05) is 17.5 Å². The number of nitrogens with one attached hydrogen (secondary N) is 2. The number of amides is 2. The van der Waals surface area contributed by atoms with Crippen molar-refractivity contribution in [3.63, 3.8) is 0 Å². The molecule has 1 saturated carbocycles. The van der Waals surface area contributed by atoms with Gasteiger partial charge in [0.15, 0.2) is 11.5 Å². The summed E-state index contributed by atoms with van der Waals surface area (Å²) in [6, 6.07) is 16.9. The Morgan fingerprint density at radius 2 is 1.65 bits per heavy atom. The number of thiazole rings is 1. The normalized spacial score (nSPS) is 17.6. The van der Waals surface area contributed by atoms with Crippen molar-refractivity contribution in [2.24, 2.45) is 0 Å². The molecule has 2 amide bonds. The molecule has 2 atom stereocenters. The lowest BCUT2D eigenvalue weighted by molar-refractivity contribution is -0.121. The molecule has 34 heavy (non-hydrogen) atoms. The van der Waals surface area contributed by atoms with Gasteiger partial charge in [-0.2, -0.15) is 0 Å². The van der Waals surface area contributed by atoms with Gasteiger partial charge in [0.05, 0.1) is 13.5 Å². The Morgan fingerprint density at radius 1 is 0.971 bits per heavy atom. The fourth-order valence-electron chi connectivity index (χ4n) is 4.12. The molecule has 0 radical (unpaired) electrons. The lowest BCUT2D eigenvalue weighted by Crippen LogP contribution is -2.53. The summed E-state index contributed by atoms with van der Waals surface area (Å²) in [5.41, 5.74) is 1.34. The maximum atomic E-state index is 12.9. The van der Waals surface area contributed by atoms with Gasteiger partial charge in [0.25, 0.3) is 5.91 Å². The quantitative estimate of drug-likeness (QED) is 0.482. The van der Waals surface area contributed by atoms with Crippen LogP contribution in [0.1, 0.15) is 46.7 Å². The van der Waals surface area contributed by atoms with E-state index < -0.39 is 0 Å². The van der Waals surface area contributed by atoms with Crippen LogP contribution in [0.3, 0.4) is 0 Å². The molecule has 0 aliphatic heterocycles. The lowest BCUT2D eigenvalue weighted by Gasteiger charge is -2.32. The van der Waals surface area contributed by atoms with Crippen molar-refractivity contribution >= 4 is 23.2 Å². The summed E-state index contributed by atoms with van der Waals surface area (Å²) in [4.78, 5) is 29.9. The molecule has 0 unspecified atom stereocenters. The van der Waals surface area contributed by atoms with Crippen LogP contribution in [0.4, 0.5) is 0 Å². The molecule has 8 heteroatoms. The third-order valence-electron chi connectivity index (χ3n) is 5.84. The number of nitrogens with zero attached hydrogens (tertiary/aromatic N) is 1. The smallest absolute Gasteiger partial charge is 0.271 e. The van der Waals surface area contributed by atoms with Gasteiger partial charge in [0.2, 0.25) is 5.91 Å². The fourth-order valence-corrected chi connectivity index (χ4v) is 4.80. The summed E-state index contributed by atoms with van der Waals surface area (Å²) < 4.78 is 11.1. The summed E-state index contributed by atoms with van der Waals surface area (Å²) in [5, 5.41) is 8.65. The van der Waals surface area contributed by atoms with E-state index in [0.717, 1.165) is 31.2 Å². The first-order valence-corrected chi connectivity index (χ1v) is 12.3. The van der Waals surface area contributed by atoms with Gasteiger partial charge in [-0.25, -0.2) is 4.98 Å². The number of hydrogen-bond acceptors (Lipinski definition) is 6. The van der Waals surface area contributed by atoms with Crippen LogP contribution in [0.15, 0.2) is 60.0 Å². The van der Waals surface area contributed by atoms with Gasteiger partial charge in [-0.1, -0.05) is 55.3 Å². The highest BCUT2D eigenvalue weighted by Crippen LogP contribution is 2.27. The average Bonchev–Trinajstić information content (AvgIpc) is 3.34. The van der Waals surface area contributed by atoms with E-state index in [2.05, 4.69) is 15.6 Å². The minimum atomic E-state index is -0.228. The van der Waals surface area contributed by atoms with Gasteiger partial charge in [-0.3, -0.25) is 9.59 Å². The topological polar surface area (TPSA) is 89.6 Å². The Labute approximate surface area is 203 Å². The minimum Gasteiger partial charge on any atom is -0.493 e. The second kappa shape index (κ2) is 11.7. The molecular formula is C26H29N3O4S. The predicted molar refractivity (Wildman–Crippen MR) is 131 cm³/mol. The Morgan fingerprint density at radius 3 is 2.38 bits per heavy atom. The van der Waals surface area contributed by atoms with Crippen LogP contribution in [0.2, 0.25) is 0 Å². The molecule has 0 spiro atoms. The van der Waals surface area contributed by atoms with Crippen LogP contribution in [0.5, 0.6) is 11.5 Å². The molecule has 1 aliphatic carbocycles. The Kier molecular flexibility index (Phi) is 8.14. The highest BCUT2D eigenvalue weighted by molar-refractivity contribution is 7.09. The number of rotatable bonds is 9. The number of benzene rings is 2. The fraction of sp³-hybridized carbons (Fsp3) is 0.346. The molecule has 4 rings (SSSR count). The monoisotopic (exact) mass is 479 g/mol. The largest absolute Gasteiger partial charge is 0.493 e. The maximum Gasteiger partial charge on any atom is 0.271 e. The zero-order valence-electron chi connectivity index (χ0n) is 19.2. The van der Waals surface area contributed by atoms with Gasteiger partial charge in [-0.15, -0.1) is 11.3 Å². The van der Waals surface area contributed by atoms with Crippen molar-refractivity contribution in [3.05, 3.63) is 76.2 Å². The molecule has 0 saturated heterocycles. The van der Waals surface area contributed by atoms with Crippen molar-refractivity contribution in [2.45, 2.75) is 50.8 Å². The van der Waals surface area contributed by atoms with E-state index >= 15 is 0 Å². The van der Waals surface area contributed by atoms with Crippen molar-refractivity contribution in [3.8, 4) is 11.5 Å². The highest BCUT2D eigenvalue weighted by atomic mass is 32.1. The summed E-state index contributed by atoms with van der Waals surface area (Å²) in [5.74, 6) is 1.02. The van der Waals surface area contributed by atoms with Crippen molar-refractivity contribution in [1.82, 2.24) is 15.6 Å². The third-order valence-corrected chi connectivity index (χ3v) is 6.66. The molecule has 2 N–H and O–H groups in total. The Hall–Kier alpha value is -3.39. The summed E-state index contributed by atoms with van der Waals surface area (Å²) >= 11 is 1.38. The molecule has 1 fully saturated rings. The standard InChI is InChI=1S/C26H29N3O4S/c1-32-22-13-7-8-14-23(22)33-16-25-28-21(17-34-25)26(31)29-20-12-6-5-11-19(20)27-24(30)15-18-9-3-2-4-10-18/h2-4,7-10,13-14,17,19-20H,5-6,11-12,15-16H2,1H3,(H,27,30)(H,29,31)/t19-,20-/m0/s1. The first-order chi connectivity index (χ1) is 16.6. The molecule has 1 heterocycles. The predicted octanol–water partition coefficient (Wildman–Crippen LogP) is 4.13. The number of carbonyl (C=O) groups is 2. The minimum absolute atomic E-state index is 0.0261. The molecule has 7 nitrogen and oxygen atoms in total. The van der Waals surface area contributed by atoms with Crippen LogP contribution in [0.25, 0.3) is 0 Å². The number of hydrogen-bond donors (Lipinski definition) is 2. The maximum absolute atomic E-state index is 12.9. The van der Waals surface area contributed by atoms with Crippen LogP contribution < -0.4 is 20.1 Å². The van der Waals surface area contributed by atoms with Crippen LogP contribution in [-0.2, 0) is 17.8 Å². The first kappa shape index (κ1) is 23.8. The molecular weight excluding hydrogens is 450 g/mol. The van der Waals surface area contributed by atoms with E-state index in [9.17, 15) is 9.59 Å². The van der Waals surface area contributed by atoms with E-state index in [-0.39, 0.29) is 30.5 Å². The number of carbonyl (C=O) groups excluding carboxylic acids is 2. The first-order valence-electron chi connectivity index (χ1n) is 11.5. The van der Waals surface area contributed by atoms with Crippen molar-refractivity contribution in [2.75, 3.05) is 7.11 Å². The summed E-state index contributed by atoms with van der Waals surface area (Å²) in [7, 11) is 1.59. The van der Waals surface area contributed by atoms with Gasteiger partial charge < -0.3 is 20.1 Å². The number of methoxy groups -OCH3 is 1. The van der Waals surface area contributed by atoms with Gasteiger partial charge in [0.1, 0.15) is 17.3 Å². The summed E-state index contributed by atoms with van der Waals surface area (Å²) in [6.07, 6.45) is 4.06. The van der Waals surface area contributed by atoms with E-state index in [0.29, 0.717) is 28.6 Å². The van der Waals surface area contributed by atoms with Gasteiger partial charge in [-0.05, 0) is 30.5 Å². The Bertz CT molecular complexity index is 1100. The molecule has 1 aliphatic rings. The van der Waals surface area contributed by atoms with E-state index in [1.54, 1.807) is 12.5 Å². The molecule has 178 valence electrons. The number of ether oxygens (including phenoxy) is 2. The molecule has 2 aromatic carbocycles. The van der Waals surface area contributed by atoms with Gasteiger partial charge >= 0.3 is 0 Å². The average molecular weight is 480 g/mol. The van der Waals surface area contributed by atoms with Crippen LogP contribution in [-0.4, -0.2) is 36.0 Å². The highest BCUT2D eigenvalue weighted by Gasteiger charge is 2.28. The van der Waals surface area contributed by atoms with E-state index in [1.165, 1.54) is 11.3 Å². The molecule has 1 aromatic heterocycles. The molecule has 0 bridgehead atoms. The van der Waals surface area contributed by atoms with E-state index in [4.69, 9.17) is 9.47 Å². The van der Waals surface area contributed by atoms with E-state index in [1.807, 2.05) is 54.6 Å². The zero-order chi connectivity index (χ0) is 23.8. The zero-order valence-corrected chi connectivity index (χ0v) is 20.0. The third kappa shape index (κ3) is 6.35. The van der Waals surface area contributed by atoms with Crippen LogP contribution in [0, 0.1) is 0 Å². The van der Waals surface area contributed by atoms with Crippen molar-refractivity contribution in [1.29, 1.82) is 0 Å². The lowest BCUT2D eigenvalue weighted by atomic mass is 9.90. The second-order valence-corrected chi connectivity index (χ2v) is 9.21. The van der Waals surface area contributed by atoms with Crippen LogP contribution >= 0.6 is 11.3 Å². The Balaban J connectivity index is 1.32. The second-order valence-electron chi connectivity index (χ2n) is 8.27.